The first-order chi connectivity index (χ1) is 23.7. The van der Waals surface area contributed by atoms with Gasteiger partial charge in [-0.05, 0) is 81.6 Å². The van der Waals surface area contributed by atoms with E-state index >= 15 is 0 Å². The number of carbonyl (C=O) groups excluding carboxylic acids is 1. The molecule has 1 unspecified atom stereocenters. The lowest BCUT2D eigenvalue weighted by molar-refractivity contribution is 0.0735. The van der Waals surface area contributed by atoms with Gasteiger partial charge in [-0.3, -0.25) is 4.79 Å². The predicted octanol–water partition coefficient (Wildman–Crippen LogP) is 6.96. The van der Waals surface area contributed by atoms with E-state index in [0.717, 1.165) is 68.0 Å². The molecule has 10 nitrogen and oxygen atoms in total. The van der Waals surface area contributed by atoms with Crippen LogP contribution in [0.4, 0.5) is 5.95 Å². The molecule has 49 heavy (non-hydrogen) atoms. The molecule has 5 rings (SSSR count). The third-order valence-corrected chi connectivity index (χ3v) is 9.44. The van der Waals surface area contributed by atoms with Crippen LogP contribution in [0, 0.1) is 0 Å². The number of nitrogens with one attached hydrogen (secondary N) is 1. The summed E-state index contributed by atoms with van der Waals surface area (Å²) in [5.41, 5.74) is 3.70. The van der Waals surface area contributed by atoms with Crippen molar-refractivity contribution in [3.63, 3.8) is 0 Å². The second-order valence-corrected chi connectivity index (χ2v) is 13.3. The topological polar surface area (TPSA) is 90.3 Å². The summed E-state index contributed by atoms with van der Waals surface area (Å²) in [6.45, 7) is 8.93. The number of ether oxygens (including phenoxy) is 4. The molecular formula is C38H50ClN5O5. The molecule has 264 valence electrons. The van der Waals surface area contributed by atoms with Crippen LogP contribution in [0.25, 0.3) is 11.0 Å². The van der Waals surface area contributed by atoms with E-state index in [4.69, 9.17) is 35.5 Å². The van der Waals surface area contributed by atoms with Crippen molar-refractivity contribution in [2.45, 2.75) is 57.7 Å². The second kappa shape index (κ2) is 17.1. The Morgan fingerprint density at radius 2 is 1.69 bits per heavy atom. The minimum Gasteiger partial charge on any atom is -0.493 e. The highest BCUT2D eigenvalue weighted by Gasteiger charge is 2.25. The van der Waals surface area contributed by atoms with E-state index in [1.807, 2.05) is 31.3 Å². The van der Waals surface area contributed by atoms with Crippen molar-refractivity contribution in [2.75, 3.05) is 66.5 Å². The van der Waals surface area contributed by atoms with E-state index in [1.165, 1.54) is 0 Å². The number of rotatable bonds is 16. The van der Waals surface area contributed by atoms with Crippen LogP contribution < -0.4 is 19.5 Å². The number of amides is 1. The average molecular weight is 692 g/mol. The lowest BCUT2D eigenvalue weighted by Gasteiger charge is -2.34. The summed E-state index contributed by atoms with van der Waals surface area (Å²) in [7, 11) is 6.47. The molecule has 0 bridgehead atoms. The number of nitrogens with zero attached hydrogens (tertiary/aromatic N) is 4. The van der Waals surface area contributed by atoms with Gasteiger partial charge in [0.05, 0.1) is 45.1 Å². The molecule has 3 aromatic carbocycles. The van der Waals surface area contributed by atoms with E-state index in [9.17, 15) is 4.79 Å². The molecule has 1 atom stereocenters. The van der Waals surface area contributed by atoms with E-state index in [2.05, 4.69) is 52.9 Å². The predicted molar refractivity (Wildman–Crippen MR) is 196 cm³/mol. The van der Waals surface area contributed by atoms with E-state index in [-0.39, 0.29) is 17.9 Å². The highest BCUT2D eigenvalue weighted by atomic mass is 35.5. The number of hydrogen-bond donors (Lipinski definition) is 1. The number of halogens is 1. The molecule has 4 aromatic rings. The molecule has 1 amide bonds. The van der Waals surface area contributed by atoms with Crippen LogP contribution in [-0.2, 0) is 11.3 Å². The molecule has 0 saturated carbocycles. The van der Waals surface area contributed by atoms with Gasteiger partial charge in [-0.25, -0.2) is 4.98 Å². The van der Waals surface area contributed by atoms with Gasteiger partial charge in [0.2, 0.25) is 11.7 Å². The molecule has 1 aliphatic rings. The smallest absolute Gasteiger partial charge is 0.253 e. The molecule has 0 aliphatic carbocycles. The van der Waals surface area contributed by atoms with Crippen LogP contribution in [-0.4, -0.2) is 98.6 Å². The first kappa shape index (κ1) is 36.3. The average Bonchev–Trinajstić information content (AvgIpc) is 3.45. The monoisotopic (exact) mass is 691 g/mol. The number of para-hydroxylation sites is 2. The second-order valence-electron chi connectivity index (χ2n) is 12.9. The summed E-state index contributed by atoms with van der Waals surface area (Å²) in [6.07, 6.45) is 3.12. The zero-order valence-electron chi connectivity index (χ0n) is 29.6. The van der Waals surface area contributed by atoms with Gasteiger partial charge < -0.3 is 38.6 Å². The largest absolute Gasteiger partial charge is 0.493 e. The molecule has 1 aromatic heterocycles. The van der Waals surface area contributed by atoms with Crippen LogP contribution in [0.5, 0.6) is 17.2 Å². The zero-order valence-corrected chi connectivity index (χ0v) is 30.3. The summed E-state index contributed by atoms with van der Waals surface area (Å²) >= 11 is 6.44. The number of benzene rings is 3. The molecule has 2 heterocycles. The number of hydrogen-bond acceptors (Lipinski definition) is 8. The Labute approximate surface area is 295 Å². The molecule has 0 spiro atoms. The van der Waals surface area contributed by atoms with Crippen LogP contribution in [0.15, 0.2) is 60.7 Å². The fraction of sp³-hybridized carbons (Fsp3) is 0.474. The Morgan fingerprint density at radius 1 is 0.980 bits per heavy atom. The van der Waals surface area contributed by atoms with Gasteiger partial charge >= 0.3 is 0 Å². The number of aromatic nitrogens is 2. The lowest BCUT2D eigenvalue weighted by Crippen LogP contribution is -2.40. The highest BCUT2D eigenvalue weighted by molar-refractivity contribution is 6.30. The third kappa shape index (κ3) is 9.17. The Balaban J connectivity index is 1.22. The fourth-order valence-electron chi connectivity index (χ4n) is 6.58. The van der Waals surface area contributed by atoms with Gasteiger partial charge in [-0.1, -0.05) is 35.9 Å². The first-order valence-electron chi connectivity index (χ1n) is 17.1. The van der Waals surface area contributed by atoms with Gasteiger partial charge in [0.25, 0.3) is 5.91 Å². The molecule has 11 heteroatoms. The van der Waals surface area contributed by atoms with Crippen LogP contribution in [0.1, 0.15) is 54.9 Å². The quantitative estimate of drug-likeness (QED) is 0.135. The SMILES string of the molecule is COc1cc(C(=O)N(C)CC(CCN2CCC(Nc3nc4ccccc4n3CCOC(C)C)CC2)c2cccc(Cl)c2)cc(OC)c1OC. The number of methoxy groups -OCH3 is 3. The van der Waals surface area contributed by atoms with Gasteiger partial charge in [0.1, 0.15) is 0 Å². The standard InChI is InChI=1S/C38H50ClN5O5/c1-26(2)49-21-20-44-33-13-8-7-12-32(33)41-38(44)40-31-15-18-43(19-16-31)17-14-28(27-10-9-11-30(39)22-27)25-42(3)37(45)29-23-34(46-4)36(48-6)35(24-29)47-5/h7-13,22-24,26,28,31H,14-21,25H2,1-6H3,(H,40,41). The summed E-state index contributed by atoms with van der Waals surface area (Å²) in [6, 6.07) is 20.0. The highest BCUT2D eigenvalue weighted by Crippen LogP contribution is 2.38. The van der Waals surface area contributed by atoms with Crippen molar-refractivity contribution < 1.29 is 23.7 Å². The number of piperidine rings is 1. The van der Waals surface area contributed by atoms with Crippen molar-refractivity contribution in [2.24, 2.45) is 0 Å². The van der Waals surface area contributed by atoms with Crippen LogP contribution >= 0.6 is 11.6 Å². The minimum absolute atomic E-state index is 0.0958. The van der Waals surface area contributed by atoms with E-state index < -0.39 is 0 Å². The summed E-state index contributed by atoms with van der Waals surface area (Å²) in [5, 5.41) is 4.45. The molecule has 1 N–H and O–H groups in total. The molecule has 0 radical (unpaired) electrons. The van der Waals surface area contributed by atoms with Crippen molar-refractivity contribution in [1.82, 2.24) is 19.4 Å². The van der Waals surface area contributed by atoms with Gasteiger partial charge in [-0.15, -0.1) is 0 Å². The van der Waals surface area contributed by atoms with E-state index in [0.29, 0.717) is 47.0 Å². The van der Waals surface area contributed by atoms with Crippen LogP contribution in [0.2, 0.25) is 5.02 Å². The third-order valence-electron chi connectivity index (χ3n) is 9.21. The Kier molecular flexibility index (Phi) is 12.7. The molecular weight excluding hydrogens is 642 g/mol. The van der Waals surface area contributed by atoms with Crippen molar-refractivity contribution >= 4 is 34.5 Å². The van der Waals surface area contributed by atoms with Crippen LogP contribution in [0.3, 0.4) is 0 Å². The lowest BCUT2D eigenvalue weighted by atomic mass is 9.94. The number of carbonyl (C=O) groups is 1. The number of imidazole rings is 1. The maximum absolute atomic E-state index is 13.7. The fourth-order valence-corrected chi connectivity index (χ4v) is 6.77. The number of anilines is 1. The Morgan fingerprint density at radius 3 is 2.35 bits per heavy atom. The van der Waals surface area contributed by atoms with Crippen molar-refractivity contribution in [3.05, 3.63) is 76.8 Å². The number of likely N-dealkylation sites (tertiary alicyclic amines) is 1. The minimum atomic E-state index is -0.125. The normalized spacial score (nSPS) is 14.6. The molecule has 1 saturated heterocycles. The zero-order chi connectivity index (χ0) is 34.9. The van der Waals surface area contributed by atoms with Crippen molar-refractivity contribution in [3.8, 4) is 17.2 Å². The number of likely N-dealkylation sites (N-methyl/N-ethyl adjacent to an activating group) is 1. The summed E-state index contributed by atoms with van der Waals surface area (Å²) in [4.78, 5) is 22.9. The first-order valence-corrected chi connectivity index (χ1v) is 17.4. The van der Waals surface area contributed by atoms with Gasteiger partial charge in [0.15, 0.2) is 11.5 Å². The molecule has 1 fully saturated rings. The Hall–Kier alpha value is -3.99. The molecule has 1 aliphatic heterocycles. The summed E-state index contributed by atoms with van der Waals surface area (Å²) < 4.78 is 24.5. The number of fused-ring (bicyclic) bond motifs is 1. The maximum atomic E-state index is 13.7. The van der Waals surface area contributed by atoms with Gasteiger partial charge in [0, 0.05) is 55.8 Å². The summed E-state index contributed by atoms with van der Waals surface area (Å²) in [5.74, 6) is 2.22. The van der Waals surface area contributed by atoms with Crippen molar-refractivity contribution in [1.29, 1.82) is 0 Å². The maximum Gasteiger partial charge on any atom is 0.253 e. The Bertz CT molecular complexity index is 1660. The van der Waals surface area contributed by atoms with E-state index in [1.54, 1.807) is 38.4 Å². The van der Waals surface area contributed by atoms with Gasteiger partial charge in [-0.2, -0.15) is 0 Å².